The van der Waals surface area contributed by atoms with Crippen LogP contribution in [0, 0.1) is 0 Å². The molecule has 0 aliphatic carbocycles. The Morgan fingerprint density at radius 3 is 0.867 bits per heavy atom. The van der Waals surface area contributed by atoms with Gasteiger partial charge in [-0.05, 0) is 77.0 Å². The monoisotopic (exact) mass is 647 g/mol. The molecule has 262 valence electrons. The maximum atomic E-state index is 10.2. The fourth-order valence-corrected chi connectivity index (χ4v) is 5.29. The summed E-state index contributed by atoms with van der Waals surface area (Å²) in [6, 6.07) is 0. The molecule has 0 heterocycles. The summed E-state index contributed by atoms with van der Waals surface area (Å²) < 4.78 is 0. The van der Waals surface area contributed by atoms with E-state index in [1.807, 2.05) is 0 Å². The van der Waals surface area contributed by atoms with Gasteiger partial charge in [0.1, 0.15) is 0 Å². The molecule has 0 radical (unpaired) electrons. The average Bonchev–Trinajstić information content (AvgIpc) is 3.02. The number of carbonyl (C=O) groups is 2. The molecular formula is C40H75AlO4. The summed E-state index contributed by atoms with van der Waals surface area (Å²) in [5.41, 5.74) is 0. The van der Waals surface area contributed by atoms with Gasteiger partial charge in [0.05, 0.1) is 0 Å². The van der Waals surface area contributed by atoms with Crippen molar-refractivity contribution in [2.75, 3.05) is 0 Å². The summed E-state index contributed by atoms with van der Waals surface area (Å²) >= 11 is 2.70. The maximum absolute atomic E-state index is 10.2. The van der Waals surface area contributed by atoms with E-state index in [-0.39, 0.29) is 12.8 Å². The van der Waals surface area contributed by atoms with E-state index in [2.05, 4.69) is 61.4 Å². The van der Waals surface area contributed by atoms with E-state index in [1.54, 1.807) is 0 Å². The van der Waals surface area contributed by atoms with Crippen LogP contribution in [0.25, 0.3) is 0 Å². The molecule has 0 atom stereocenters. The molecule has 0 aromatic rings. The molecule has 45 heavy (non-hydrogen) atoms. The van der Waals surface area contributed by atoms with E-state index in [0.717, 1.165) is 38.5 Å². The topological polar surface area (TPSA) is 80.3 Å². The number of carboxylic acids is 2. The second kappa shape index (κ2) is 47.4. The normalized spacial score (nSPS) is 11.0. The molecule has 0 bridgehead atoms. The first-order chi connectivity index (χ1) is 22.0. The summed E-state index contributed by atoms with van der Waals surface area (Å²) in [6.07, 6.45) is 44.5. The molecule has 0 aliphatic rings. The third kappa shape index (κ3) is 59.0. The molecule has 4 nitrogen and oxygen atoms in total. The number of hydrogen-bond donors (Lipinski definition) is 0. The summed E-state index contributed by atoms with van der Waals surface area (Å²) in [5.74, 6) is -1.83. The first-order valence-corrected chi connectivity index (χ1v) is 20.2. The van der Waals surface area contributed by atoms with Gasteiger partial charge >= 0.3 is 41.3 Å². The molecule has 0 saturated heterocycles. The van der Waals surface area contributed by atoms with Gasteiger partial charge in [-0.3, -0.25) is 0 Å². The fourth-order valence-electron chi connectivity index (χ4n) is 4.88. The Morgan fingerprint density at radius 2 is 0.644 bits per heavy atom. The fraction of sp³-hybridized carbons (Fsp3) is 0.850. The third-order valence-corrected chi connectivity index (χ3v) is 8.25. The Morgan fingerprint density at radius 1 is 0.400 bits per heavy atom. The number of carboxylic acid groups (broad SMARTS) is 2. The molecular weight excluding hydrogens is 571 g/mol. The van der Waals surface area contributed by atoms with Crippen molar-refractivity contribution in [2.24, 2.45) is 0 Å². The van der Waals surface area contributed by atoms with Gasteiger partial charge in [0.25, 0.3) is 0 Å². The Kier molecular flexibility index (Phi) is 50.9. The molecule has 0 aromatic carbocycles. The zero-order valence-corrected chi connectivity index (χ0v) is 31.6. The molecule has 0 aromatic heterocycles. The van der Waals surface area contributed by atoms with Crippen molar-refractivity contribution in [3.05, 3.63) is 24.3 Å². The van der Waals surface area contributed by atoms with Crippen LogP contribution in [0.1, 0.15) is 213 Å². The Labute approximate surface area is 290 Å². The van der Waals surface area contributed by atoms with Gasteiger partial charge in [0, 0.05) is 11.9 Å². The van der Waals surface area contributed by atoms with Crippen LogP contribution in [0.3, 0.4) is 0 Å². The van der Waals surface area contributed by atoms with Crippen LogP contribution < -0.4 is 10.2 Å². The predicted octanol–water partition coefficient (Wildman–Crippen LogP) is 10.9. The number of unbranched alkanes of at least 4 members (excludes halogenated alkanes) is 23. The second-order valence-corrected chi connectivity index (χ2v) is 13.1. The standard InChI is InChI=1S/2C18H34O2.C4H9.Al/c2*1-2-3-4-5-6-7-8-9-10-11-12-13-14-15-16-17-18(19)20;1-3-4-2;/h2*9-10H,2-8,11-17H2,1H3,(H,19,20);1,3-4H2,2H3;/q;;;+2/p-2/b2*10-9-;;. The molecule has 0 N–H and O–H groups in total. The van der Waals surface area contributed by atoms with E-state index in [4.69, 9.17) is 0 Å². The predicted molar refractivity (Wildman–Crippen MR) is 194 cm³/mol. The number of rotatable bonds is 32. The number of carbonyl (C=O) groups excluding carboxylic acids is 2. The zero-order valence-electron chi connectivity index (χ0n) is 30.4. The minimum absolute atomic E-state index is 0.220. The van der Waals surface area contributed by atoms with Crippen molar-refractivity contribution < 1.29 is 19.8 Å². The van der Waals surface area contributed by atoms with Gasteiger partial charge in [-0.2, -0.15) is 0 Å². The molecule has 0 aliphatic heterocycles. The van der Waals surface area contributed by atoms with Crippen LogP contribution in [-0.2, 0) is 9.59 Å². The van der Waals surface area contributed by atoms with Crippen LogP contribution in [0.5, 0.6) is 0 Å². The Bertz CT molecular complexity index is 565. The van der Waals surface area contributed by atoms with Crippen molar-refractivity contribution in [3.63, 3.8) is 0 Å². The quantitative estimate of drug-likeness (QED) is 0.0414. The minimum atomic E-state index is -0.914. The molecule has 0 saturated carbocycles. The van der Waals surface area contributed by atoms with Gasteiger partial charge in [0.2, 0.25) is 0 Å². The zero-order chi connectivity index (χ0) is 33.9. The van der Waals surface area contributed by atoms with Gasteiger partial charge in [-0.1, -0.05) is 141 Å². The number of hydrogen-bond acceptors (Lipinski definition) is 4. The van der Waals surface area contributed by atoms with Crippen LogP contribution in [0.2, 0.25) is 5.28 Å². The summed E-state index contributed by atoms with van der Waals surface area (Å²) in [5, 5.41) is 21.7. The van der Waals surface area contributed by atoms with Crippen LogP contribution in [0.15, 0.2) is 24.3 Å². The van der Waals surface area contributed by atoms with Gasteiger partial charge in [-0.25, -0.2) is 0 Å². The van der Waals surface area contributed by atoms with Crippen molar-refractivity contribution >= 4 is 28.2 Å². The summed E-state index contributed by atoms with van der Waals surface area (Å²) in [6.45, 7) is 6.71. The van der Waals surface area contributed by atoms with E-state index in [0.29, 0.717) is 0 Å². The number of allylic oxidation sites excluding steroid dienone is 4. The SMILES string of the molecule is CCCCCCCC/C=C\CCCCCCCC(=O)[O-].CCCCCCCC/C=C\CCCCCCCC(=O)[O-].CCC[CH2][Al+2]. The van der Waals surface area contributed by atoms with Crippen molar-refractivity contribution in [1.82, 2.24) is 0 Å². The number of aliphatic carboxylic acids is 2. The molecule has 0 fully saturated rings. The van der Waals surface area contributed by atoms with Crippen molar-refractivity contribution in [2.45, 2.75) is 219 Å². The first kappa shape index (κ1) is 48.4. The first-order valence-electron chi connectivity index (χ1n) is 19.4. The van der Waals surface area contributed by atoms with Crippen molar-refractivity contribution in [3.8, 4) is 0 Å². The van der Waals surface area contributed by atoms with E-state index in [9.17, 15) is 19.8 Å². The van der Waals surface area contributed by atoms with Crippen LogP contribution >= 0.6 is 0 Å². The summed E-state index contributed by atoms with van der Waals surface area (Å²) in [7, 11) is 0. The Hall–Kier alpha value is -1.05. The molecule has 0 amide bonds. The van der Waals surface area contributed by atoms with Gasteiger partial charge in [0.15, 0.2) is 0 Å². The molecule has 0 unspecified atom stereocenters. The summed E-state index contributed by atoms with van der Waals surface area (Å²) in [4.78, 5) is 20.4. The molecule has 0 rings (SSSR count). The van der Waals surface area contributed by atoms with Crippen LogP contribution in [-0.4, -0.2) is 28.2 Å². The van der Waals surface area contributed by atoms with Gasteiger partial charge < -0.3 is 19.8 Å². The van der Waals surface area contributed by atoms with E-state index >= 15 is 0 Å². The van der Waals surface area contributed by atoms with E-state index < -0.39 is 11.9 Å². The second-order valence-electron chi connectivity index (χ2n) is 12.6. The molecule has 5 heteroatoms. The van der Waals surface area contributed by atoms with Crippen LogP contribution in [0.4, 0.5) is 0 Å². The van der Waals surface area contributed by atoms with E-state index in [1.165, 1.54) is 147 Å². The average molecular weight is 647 g/mol. The molecule has 0 spiro atoms. The third-order valence-electron chi connectivity index (χ3n) is 7.84. The van der Waals surface area contributed by atoms with Gasteiger partial charge in [-0.15, -0.1) is 0 Å². The Balaban J connectivity index is -0.000000680. The van der Waals surface area contributed by atoms with Crippen molar-refractivity contribution in [1.29, 1.82) is 0 Å².